The summed E-state index contributed by atoms with van der Waals surface area (Å²) < 4.78 is 6.94. The molecule has 18 heavy (non-hydrogen) atoms. The first-order valence-corrected chi connectivity index (χ1v) is 6.07. The van der Waals surface area contributed by atoms with Crippen molar-refractivity contribution in [2.24, 2.45) is 0 Å². The Balaban J connectivity index is 2.19. The molecular weight excluding hydrogens is 230 g/mol. The van der Waals surface area contributed by atoms with E-state index in [0.29, 0.717) is 12.4 Å². The van der Waals surface area contributed by atoms with E-state index in [1.807, 2.05) is 26.0 Å². The Bertz CT molecular complexity index is 546. The molecule has 5 heteroatoms. The summed E-state index contributed by atoms with van der Waals surface area (Å²) in [6, 6.07) is 3.60. The van der Waals surface area contributed by atoms with Crippen LogP contribution in [0.4, 0.5) is 5.82 Å². The normalized spacial score (nSPS) is 12.3. The fraction of sp³-hybridized carbons (Fsp3) is 0.385. The zero-order valence-electron chi connectivity index (χ0n) is 10.6. The van der Waals surface area contributed by atoms with Crippen LogP contribution in [0.25, 0.3) is 0 Å². The Kier molecular flexibility index (Phi) is 3.82. The molecule has 0 fully saturated rings. The van der Waals surface area contributed by atoms with Crippen LogP contribution < -0.4 is 10.9 Å². The topological polar surface area (TPSA) is 60.1 Å². The van der Waals surface area contributed by atoms with E-state index in [-0.39, 0.29) is 11.6 Å². The van der Waals surface area contributed by atoms with Gasteiger partial charge in [-0.25, -0.2) is 4.98 Å². The molecule has 5 nitrogen and oxygen atoms in total. The van der Waals surface area contributed by atoms with Gasteiger partial charge in [0.25, 0.3) is 5.56 Å². The SMILES string of the molecule is CCCn1ccnc(NC(C)c2ccco2)c1=O. The van der Waals surface area contributed by atoms with Crippen molar-refractivity contribution in [2.75, 3.05) is 5.32 Å². The van der Waals surface area contributed by atoms with Crippen molar-refractivity contribution < 1.29 is 4.42 Å². The van der Waals surface area contributed by atoms with E-state index in [1.54, 1.807) is 23.2 Å². The minimum atomic E-state index is -0.0993. The van der Waals surface area contributed by atoms with Gasteiger partial charge in [0.15, 0.2) is 5.82 Å². The van der Waals surface area contributed by atoms with Crippen LogP contribution in [-0.2, 0) is 6.54 Å². The van der Waals surface area contributed by atoms with Crippen LogP contribution in [0, 0.1) is 0 Å². The lowest BCUT2D eigenvalue weighted by Gasteiger charge is -2.12. The number of aryl methyl sites for hydroxylation is 1. The van der Waals surface area contributed by atoms with Gasteiger partial charge in [-0.05, 0) is 25.5 Å². The maximum Gasteiger partial charge on any atom is 0.293 e. The van der Waals surface area contributed by atoms with Crippen molar-refractivity contribution in [3.05, 3.63) is 46.9 Å². The molecule has 0 aliphatic carbocycles. The maximum absolute atomic E-state index is 12.1. The van der Waals surface area contributed by atoms with E-state index in [2.05, 4.69) is 10.3 Å². The second-order valence-electron chi connectivity index (χ2n) is 4.16. The first-order chi connectivity index (χ1) is 8.72. The summed E-state index contributed by atoms with van der Waals surface area (Å²) in [5.74, 6) is 1.14. The molecule has 1 atom stereocenters. The number of nitrogens with one attached hydrogen (secondary N) is 1. The van der Waals surface area contributed by atoms with Crippen LogP contribution in [-0.4, -0.2) is 9.55 Å². The molecule has 0 radical (unpaired) electrons. The summed E-state index contributed by atoms with van der Waals surface area (Å²) in [7, 11) is 0. The number of aromatic nitrogens is 2. The second kappa shape index (κ2) is 5.53. The predicted octanol–water partition coefficient (Wildman–Crippen LogP) is 2.42. The van der Waals surface area contributed by atoms with Crippen molar-refractivity contribution in [3.63, 3.8) is 0 Å². The smallest absolute Gasteiger partial charge is 0.293 e. The predicted molar refractivity (Wildman–Crippen MR) is 69.5 cm³/mol. The van der Waals surface area contributed by atoms with Gasteiger partial charge in [0.1, 0.15) is 5.76 Å². The standard InChI is InChI=1S/C13H17N3O2/c1-3-7-16-8-6-14-12(13(16)17)15-10(2)11-5-4-9-18-11/h4-6,8-10H,3,7H2,1-2H3,(H,14,15). The molecule has 0 saturated carbocycles. The van der Waals surface area contributed by atoms with Gasteiger partial charge >= 0.3 is 0 Å². The summed E-state index contributed by atoms with van der Waals surface area (Å²) in [5.41, 5.74) is -0.0993. The third-order valence-electron chi connectivity index (χ3n) is 2.70. The molecule has 1 N–H and O–H groups in total. The Morgan fingerprint density at radius 3 is 3.06 bits per heavy atom. The highest BCUT2D eigenvalue weighted by Crippen LogP contribution is 2.15. The van der Waals surface area contributed by atoms with Gasteiger partial charge in [0.2, 0.25) is 0 Å². The van der Waals surface area contributed by atoms with E-state index in [0.717, 1.165) is 12.2 Å². The Hall–Kier alpha value is -2.04. The molecule has 0 bridgehead atoms. The maximum atomic E-state index is 12.1. The summed E-state index contributed by atoms with van der Waals surface area (Å²) in [6.07, 6.45) is 5.86. The molecule has 2 rings (SSSR count). The largest absolute Gasteiger partial charge is 0.467 e. The van der Waals surface area contributed by atoms with Crippen LogP contribution >= 0.6 is 0 Å². The Morgan fingerprint density at radius 1 is 1.56 bits per heavy atom. The molecule has 0 spiro atoms. The number of furan rings is 1. The van der Waals surface area contributed by atoms with E-state index >= 15 is 0 Å². The molecule has 2 heterocycles. The first-order valence-electron chi connectivity index (χ1n) is 6.07. The average Bonchev–Trinajstić information content (AvgIpc) is 2.88. The molecule has 0 aromatic carbocycles. The average molecular weight is 247 g/mol. The van der Waals surface area contributed by atoms with Gasteiger partial charge in [-0.15, -0.1) is 0 Å². The van der Waals surface area contributed by atoms with Crippen molar-refractivity contribution in [3.8, 4) is 0 Å². The summed E-state index contributed by atoms with van der Waals surface area (Å²) >= 11 is 0. The van der Waals surface area contributed by atoms with Crippen molar-refractivity contribution >= 4 is 5.82 Å². The Morgan fingerprint density at radius 2 is 2.39 bits per heavy atom. The monoisotopic (exact) mass is 247 g/mol. The second-order valence-corrected chi connectivity index (χ2v) is 4.16. The zero-order valence-corrected chi connectivity index (χ0v) is 10.6. The molecule has 0 aliphatic heterocycles. The zero-order chi connectivity index (χ0) is 13.0. The molecule has 96 valence electrons. The number of nitrogens with zero attached hydrogens (tertiary/aromatic N) is 2. The third-order valence-corrected chi connectivity index (χ3v) is 2.70. The molecule has 0 amide bonds. The molecular formula is C13H17N3O2. The molecule has 0 aliphatic rings. The van der Waals surface area contributed by atoms with E-state index in [9.17, 15) is 4.79 Å². The number of hydrogen-bond acceptors (Lipinski definition) is 4. The third kappa shape index (κ3) is 2.61. The minimum Gasteiger partial charge on any atom is -0.467 e. The van der Waals surface area contributed by atoms with Gasteiger partial charge in [0, 0.05) is 18.9 Å². The summed E-state index contributed by atoms with van der Waals surface area (Å²) in [5, 5.41) is 3.07. The lowest BCUT2D eigenvalue weighted by Crippen LogP contribution is -2.25. The fourth-order valence-electron chi connectivity index (χ4n) is 1.78. The summed E-state index contributed by atoms with van der Waals surface area (Å²) in [4.78, 5) is 16.2. The van der Waals surface area contributed by atoms with Crippen molar-refractivity contribution in [1.82, 2.24) is 9.55 Å². The molecule has 2 aromatic heterocycles. The molecule has 2 aromatic rings. The lowest BCUT2D eigenvalue weighted by molar-refractivity contribution is 0.489. The number of anilines is 1. The van der Waals surface area contributed by atoms with Gasteiger partial charge in [0.05, 0.1) is 12.3 Å². The first kappa shape index (κ1) is 12.4. The van der Waals surface area contributed by atoms with Crippen LogP contribution in [0.2, 0.25) is 0 Å². The van der Waals surface area contributed by atoms with Crippen LogP contribution in [0.15, 0.2) is 40.0 Å². The van der Waals surface area contributed by atoms with Crippen LogP contribution in [0.1, 0.15) is 32.1 Å². The highest BCUT2D eigenvalue weighted by atomic mass is 16.3. The summed E-state index contributed by atoms with van der Waals surface area (Å²) in [6.45, 7) is 4.66. The van der Waals surface area contributed by atoms with Crippen molar-refractivity contribution in [2.45, 2.75) is 32.9 Å². The van der Waals surface area contributed by atoms with E-state index < -0.39 is 0 Å². The highest BCUT2D eigenvalue weighted by molar-refractivity contribution is 5.33. The van der Waals surface area contributed by atoms with Gasteiger partial charge in [-0.3, -0.25) is 4.79 Å². The Labute approximate surface area is 105 Å². The van der Waals surface area contributed by atoms with Crippen molar-refractivity contribution in [1.29, 1.82) is 0 Å². The van der Waals surface area contributed by atoms with E-state index in [1.165, 1.54) is 0 Å². The van der Waals surface area contributed by atoms with Crippen LogP contribution in [0.3, 0.4) is 0 Å². The van der Waals surface area contributed by atoms with Gasteiger partial charge in [-0.2, -0.15) is 0 Å². The van der Waals surface area contributed by atoms with Gasteiger partial charge in [-0.1, -0.05) is 6.92 Å². The van der Waals surface area contributed by atoms with E-state index in [4.69, 9.17) is 4.42 Å². The quantitative estimate of drug-likeness (QED) is 0.881. The molecule has 0 saturated heterocycles. The highest BCUT2D eigenvalue weighted by Gasteiger charge is 2.11. The number of hydrogen-bond donors (Lipinski definition) is 1. The van der Waals surface area contributed by atoms with Gasteiger partial charge < -0.3 is 14.3 Å². The lowest BCUT2D eigenvalue weighted by atomic mass is 10.2. The molecule has 1 unspecified atom stereocenters. The van der Waals surface area contributed by atoms with Crippen LogP contribution in [0.5, 0.6) is 0 Å². The fourth-order valence-corrected chi connectivity index (χ4v) is 1.78. The minimum absolute atomic E-state index is 0.0855. The number of rotatable bonds is 5.